The van der Waals surface area contributed by atoms with Crippen LogP contribution >= 0.6 is 0 Å². The third-order valence-corrected chi connectivity index (χ3v) is 5.10. The largest absolute Gasteiger partial charge is 0.369 e. The highest BCUT2D eigenvalue weighted by Crippen LogP contribution is 2.15. The molecule has 1 aliphatic heterocycles. The Hall–Kier alpha value is -1.75. The van der Waals surface area contributed by atoms with Gasteiger partial charge < -0.3 is 15.1 Å². The van der Waals surface area contributed by atoms with E-state index in [4.69, 9.17) is 0 Å². The van der Waals surface area contributed by atoms with Crippen LogP contribution in [-0.4, -0.2) is 75.7 Å². The Morgan fingerprint density at radius 1 is 1.08 bits per heavy atom. The Morgan fingerprint density at radius 3 is 2.46 bits per heavy atom. The second kappa shape index (κ2) is 11.8. The quantitative estimate of drug-likeness (QED) is 0.418. The van der Waals surface area contributed by atoms with Crippen LogP contribution in [0.3, 0.4) is 0 Å². The van der Waals surface area contributed by atoms with E-state index >= 15 is 0 Å². The fraction of sp³-hybridized carbons (Fsp3) is 0.667. The Kier molecular flexibility index (Phi) is 9.32. The summed E-state index contributed by atoms with van der Waals surface area (Å²) in [5.41, 5.74) is 1.36. The number of nitrogens with zero attached hydrogens (tertiary/aromatic N) is 4. The molecular formula is C21H37N5. The molecule has 0 aromatic heterocycles. The van der Waals surface area contributed by atoms with Gasteiger partial charge >= 0.3 is 0 Å². The van der Waals surface area contributed by atoms with Crippen molar-refractivity contribution in [2.75, 3.05) is 64.8 Å². The summed E-state index contributed by atoms with van der Waals surface area (Å²) in [6.07, 6.45) is 4.87. The van der Waals surface area contributed by atoms with Crippen molar-refractivity contribution in [2.24, 2.45) is 4.99 Å². The van der Waals surface area contributed by atoms with Gasteiger partial charge in [-0.25, -0.2) is 0 Å². The Labute approximate surface area is 160 Å². The summed E-state index contributed by atoms with van der Waals surface area (Å²) >= 11 is 0. The van der Waals surface area contributed by atoms with Crippen LogP contribution in [0.4, 0.5) is 5.69 Å². The summed E-state index contributed by atoms with van der Waals surface area (Å²) in [5, 5.41) is 3.49. The lowest BCUT2D eigenvalue weighted by atomic mass is 10.2. The van der Waals surface area contributed by atoms with E-state index in [2.05, 4.69) is 69.3 Å². The van der Waals surface area contributed by atoms with Gasteiger partial charge in [0.15, 0.2) is 5.96 Å². The molecule has 0 bridgehead atoms. The molecule has 5 heteroatoms. The standard InChI is InChI=1S/C21H37N5/c1-4-5-14-24(3)21(22-2)23-13-9-10-15-25-16-18-26(19-17-25)20-11-7-6-8-12-20/h6-8,11-12H,4-5,9-10,13-19H2,1-3H3,(H,22,23). The minimum atomic E-state index is 1.01. The van der Waals surface area contributed by atoms with Crippen LogP contribution in [0.15, 0.2) is 35.3 Å². The van der Waals surface area contributed by atoms with Crippen molar-refractivity contribution in [2.45, 2.75) is 32.6 Å². The van der Waals surface area contributed by atoms with Crippen LogP contribution in [-0.2, 0) is 0 Å². The second-order valence-corrected chi connectivity index (χ2v) is 7.12. The molecule has 146 valence electrons. The van der Waals surface area contributed by atoms with Gasteiger partial charge in [0.1, 0.15) is 0 Å². The molecule has 1 aromatic carbocycles. The number of guanidine groups is 1. The van der Waals surface area contributed by atoms with Crippen molar-refractivity contribution in [3.8, 4) is 0 Å². The first kappa shape index (κ1) is 20.6. The van der Waals surface area contributed by atoms with Crippen LogP contribution in [0.25, 0.3) is 0 Å². The monoisotopic (exact) mass is 359 g/mol. The van der Waals surface area contributed by atoms with Gasteiger partial charge in [-0.3, -0.25) is 9.89 Å². The molecular weight excluding hydrogens is 322 g/mol. The first-order valence-corrected chi connectivity index (χ1v) is 10.2. The molecule has 5 nitrogen and oxygen atoms in total. The summed E-state index contributed by atoms with van der Waals surface area (Å²) in [6.45, 7) is 10.1. The first-order valence-electron chi connectivity index (χ1n) is 10.2. The van der Waals surface area contributed by atoms with Crippen molar-refractivity contribution in [3.63, 3.8) is 0 Å². The minimum Gasteiger partial charge on any atom is -0.369 e. The highest BCUT2D eigenvalue weighted by molar-refractivity contribution is 5.79. The van der Waals surface area contributed by atoms with E-state index in [0.717, 1.165) is 32.1 Å². The third kappa shape index (κ3) is 6.87. The maximum Gasteiger partial charge on any atom is 0.193 e. The smallest absolute Gasteiger partial charge is 0.193 e. The molecule has 1 heterocycles. The lowest BCUT2D eigenvalue weighted by molar-refractivity contribution is 0.253. The second-order valence-electron chi connectivity index (χ2n) is 7.12. The van der Waals surface area contributed by atoms with Gasteiger partial charge in [0.25, 0.3) is 0 Å². The number of piperazine rings is 1. The summed E-state index contributed by atoms with van der Waals surface area (Å²) in [5.74, 6) is 1.02. The van der Waals surface area contributed by atoms with Gasteiger partial charge in [-0.05, 0) is 37.9 Å². The van der Waals surface area contributed by atoms with Crippen molar-refractivity contribution >= 4 is 11.6 Å². The molecule has 1 saturated heterocycles. The molecule has 2 rings (SSSR count). The zero-order chi connectivity index (χ0) is 18.6. The van der Waals surface area contributed by atoms with Crippen LogP contribution < -0.4 is 10.2 Å². The lowest BCUT2D eigenvalue weighted by Gasteiger charge is -2.36. The van der Waals surface area contributed by atoms with Crippen molar-refractivity contribution in [1.29, 1.82) is 0 Å². The number of benzene rings is 1. The number of hydrogen-bond donors (Lipinski definition) is 1. The van der Waals surface area contributed by atoms with E-state index in [-0.39, 0.29) is 0 Å². The predicted octanol–water partition coefficient (Wildman–Crippen LogP) is 2.90. The van der Waals surface area contributed by atoms with Crippen molar-refractivity contribution < 1.29 is 0 Å². The molecule has 0 aliphatic carbocycles. The molecule has 0 radical (unpaired) electrons. The molecule has 0 amide bonds. The Morgan fingerprint density at radius 2 is 1.81 bits per heavy atom. The fourth-order valence-electron chi connectivity index (χ4n) is 3.42. The summed E-state index contributed by atoms with van der Waals surface area (Å²) in [7, 11) is 3.99. The number of hydrogen-bond acceptors (Lipinski definition) is 3. The number of para-hydroxylation sites is 1. The van der Waals surface area contributed by atoms with Gasteiger partial charge in [0, 0.05) is 59.1 Å². The number of nitrogens with one attached hydrogen (secondary N) is 1. The molecule has 26 heavy (non-hydrogen) atoms. The zero-order valence-corrected chi connectivity index (χ0v) is 17.0. The number of unbranched alkanes of at least 4 members (excludes halogenated alkanes) is 2. The molecule has 1 fully saturated rings. The molecule has 1 aromatic rings. The lowest BCUT2D eigenvalue weighted by Crippen LogP contribution is -2.46. The SMILES string of the molecule is CCCCN(C)C(=NC)NCCCCN1CCN(c2ccccc2)CC1. The molecule has 1 aliphatic rings. The highest BCUT2D eigenvalue weighted by Gasteiger charge is 2.16. The zero-order valence-electron chi connectivity index (χ0n) is 17.0. The van der Waals surface area contributed by atoms with E-state index in [1.54, 1.807) is 0 Å². The van der Waals surface area contributed by atoms with Crippen LogP contribution in [0.2, 0.25) is 0 Å². The Bertz CT molecular complexity index is 508. The van der Waals surface area contributed by atoms with E-state index in [9.17, 15) is 0 Å². The highest BCUT2D eigenvalue weighted by atomic mass is 15.3. The van der Waals surface area contributed by atoms with E-state index in [1.807, 2.05) is 7.05 Å². The molecule has 0 saturated carbocycles. The summed E-state index contributed by atoms with van der Waals surface area (Å²) < 4.78 is 0. The maximum atomic E-state index is 4.38. The fourth-order valence-corrected chi connectivity index (χ4v) is 3.42. The number of anilines is 1. The average molecular weight is 360 g/mol. The van der Waals surface area contributed by atoms with E-state index in [1.165, 1.54) is 51.0 Å². The van der Waals surface area contributed by atoms with Crippen LogP contribution in [0.1, 0.15) is 32.6 Å². The van der Waals surface area contributed by atoms with Crippen molar-refractivity contribution in [1.82, 2.24) is 15.1 Å². The summed E-state index contributed by atoms with van der Waals surface area (Å²) in [6, 6.07) is 10.8. The summed E-state index contributed by atoms with van der Waals surface area (Å²) in [4.78, 5) is 11.7. The van der Waals surface area contributed by atoms with Gasteiger partial charge in [-0.15, -0.1) is 0 Å². The minimum absolute atomic E-state index is 1.01. The third-order valence-electron chi connectivity index (χ3n) is 5.10. The van der Waals surface area contributed by atoms with E-state index < -0.39 is 0 Å². The maximum absolute atomic E-state index is 4.38. The first-order chi connectivity index (χ1) is 12.7. The molecule has 0 atom stereocenters. The molecule has 1 N–H and O–H groups in total. The molecule has 0 spiro atoms. The molecule has 0 unspecified atom stereocenters. The van der Waals surface area contributed by atoms with Gasteiger partial charge in [0.05, 0.1) is 0 Å². The van der Waals surface area contributed by atoms with Gasteiger partial charge in [-0.1, -0.05) is 31.5 Å². The van der Waals surface area contributed by atoms with E-state index in [0.29, 0.717) is 0 Å². The Balaban J connectivity index is 1.57. The number of rotatable bonds is 9. The predicted molar refractivity (Wildman–Crippen MR) is 113 cm³/mol. The van der Waals surface area contributed by atoms with Gasteiger partial charge in [0.2, 0.25) is 0 Å². The van der Waals surface area contributed by atoms with Crippen LogP contribution in [0.5, 0.6) is 0 Å². The average Bonchev–Trinajstić information content (AvgIpc) is 2.70. The van der Waals surface area contributed by atoms with Gasteiger partial charge in [-0.2, -0.15) is 0 Å². The van der Waals surface area contributed by atoms with Crippen LogP contribution in [0, 0.1) is 0 Å². The normalized spacial score (nSPS) is 16.0. The van der Waals surface area contributed by atoms with Crippen molar-refractivity contribution in [3.05, 3.63) is 30.3 Å². The number of aliphatic imine (C=N–C) groups is 1. The topological polar surface area (TPSA) is 34.1 Å².